The quantitative estimate of drug-likeness (QED) is 0.0926. The summed E-state index contributed by atoms with van der Waals surface area (Å²) < 4.78 is 34.7. The summed E-state index contributed by atoms with van der Waals surface area (Å²) in [6, 6.07) is 6.36. The number of carbonyl (C=O) groups excluding carboxylic acids is 1. The number of ether oxygens (including phenoxy) is 5. The summed E-state index contributed by atoms with van der Waals surface area (Å²) in [5, 5.41) is 0. The van der Waals surface area contributed by atoms with Gasteiger partial charge in [-0.05, 0) is 64.0 Å². The smallest absolute Gasteiger partial charge is 0.342 e. The van der Waals surface area contributed by atoms with Gasteiger partial charge >= 0.3 is 5.97 Å². The van der Waals surface area contributed by atoms with Crippen LogP contribution >= 0.6 is 0 Å². The Kier molecular flexibility index (Phi) is 12.6. The van der Waals surface area contributed by atoms with E-state index in [0.29, 0.717) is 35.2 Å². The molecule has 0 aliphatic carbocycles. The lowest BCUT2D eigenvalue weighted by molar-refractivity contribution is -0.138. The molecule has 0 saturated carbocycles. The van der Waals surface area contributed by atoms with Crippen LogP contribution in [0.5, 0.6) is 17.2 Å². The molecule has 1 aromatic carbocycles. The van der Waals surface area contributed by atoms with Crippen molar-refractivity contribution in [3.8, 4) is 17.2 Å². The summed E-state index contributed by atoms with van der Waals surface area (Å²) in [6.45, 7) is 14.6. The SMILES string of the molecule is CCO/C=C(O[Si](CC)(CC)CC)/C(=C\c1ccc(OC(C)C)c(OC)c1OC)C(=O)OCC. The van der Waals surface area contributed by atoms with Crippen molar-refractivity contribution < 1.29 is 32.9 Å². The molecule has 0 aromatic heterocycles. The Morgan fingerprint density at radius 2 is 1.56 bits per heavy atom. The predicted octanol–water partition coefficient (Wildman–Crippen LogP) is 6.34. The molecule has 0 aliphatic heterocycles. The highest BCUT2D eigenvalue weighted by atomic mass is 28.4. The zero-order valence-electron chi connectivity index (χ0n) is 22.3. The molecule has 0 atom stereocenters. The molecule has 0 aliphatic rings. The van der Waals surface area contributed by atoms with Crippen LogP contribution in [0.2, 0.25) is 18.1 Å². The number of carbonyl (C=O) groups is 1. The van der Waals surface area contributed by atoms with Crippen molar-refractivity contribution in [1.82, 2.24) is 0 Å². The van der Waals surface area contributed by atoms with Gasteiger partial charge in [-0.25, -0.2) is 4.79 Å². The van der Waals surface area contributed by atoms with Gasteiger partial charge in [0.25, 0.3) is 8.32 Å². The van der Waals surface area contributed by atoms with E-state index < -0.39 is 14.3 Å². The van der Waals surface area contributed by atoms with Crippen LogP contribution in [0.4, 0.5) is 0 Å². The Balaban J connectivity index is 3.76. The lowest BCUT2D eigenvalue weighted by Gasteiger charge is -2.30. The topological polar surface area (TPSA) is 72.5 Å². The first-order chi connectivity index (χ1) is 16.3. The van der Waals surface area contributed by atoms with Crippen molar-refractivity contribution in [2.45, 2.75) is 72.7 Å². The molecule has 0 amide bonds. The molecule has 0 heterocycles. The molecular weight excluding hydrogens is 452 g/mol. The van der Waals surface area contributed by atoms with Gasteiger partial charge in [0.2, 0.25) is 5.75 Å². The second kappa shape index (κ2) is 14.6. The van der Waals surface area contributed by atoms with Crippen LogP contribution in [-0.2, 0) is 18.7 Å². The first-order valence-electron chi connectivity index (χ1n) is 12.1. The van der Waals surface area contributed by atoms with Gasteiger partial charge in [0.05, 0.1) is 33.5 Å². The third kappa shape index (κ3) is 7.72. The maximum atomic E-state index is 13.1. The maximum absolute atomic E-state index is 13.1. The summed E-state index contributed by atoms with van der Waals surface area (Å²) >= 11 is 0. The fraction of sp³-hybridized carbons (Fsp3) is 0.577. The Morgan fingerprint density at radius 3 is 2.03 bits per heavy atom. The highest BCUT2D eigenvalue weighted by Crippen LogP contribution is 2.42. The summed E-state index contributed by atoms with van der Waals surface area (Å²) in [7, 11) is 0.985. The van der Waals surface area contributed by atoms with E-state index in [0.717, 1.165) is 18.1 Å². The van der Waals surface area contributed by atoms with Crippen molar-refractivity contribution in [1.29, 1.82) is 0 Å². The van der Waals surface area contributed by atoms with Gasteiger partial charge in [0.15, 0.2) is 17.3 Å². The first-order valence-corrected chi connectivity index (χ1v) is 14.6. The van der Waals surface area contributed by atoms with Crippen LogP contribution in [0.1, 0.15) is 54.0 Å². The second-order valence-electron chi connectivity index (χ2n) is 7.95. The van der Waals surface area contributed by atoms with Crippen molar-refractivity contribution >= 4 is 20.4 Å². The highest BCUT2D eigenvalue weighted by molar-refractivity contribution is 6.73. The Bertz CT molecular complexity index is 834. The molecular formula is C26H42O7Si. The number of rotatable bonds is 15. The standard InChI is InChI=1S/C26H42O7Si/c1-10-30-18-23(33-34(12-3,13-4)14-5)21(26(27)31-11-2)17-20-15-16-22(32-19(6)7)25(29-9)24(20)28-8/h15-19H,10-14H2,1-9H3/b21-17+,23-18-. The van der Waals surface area contributed by atoms with Gasteiger partial charge in [0, 0.05) is 5.56 Å². The van der Waals surface area contributed by atoms with Gasteiger partial charge in [-0.3, -0.25) is 0 Å². The molecule has 192 valence electrons. The van der Waals surface area contributed by atoms with Crippen LogP contribution in [0.25, 0.3) is 6.08 Å². The highest BCUT2D eigenvalue weighted by Gasteiger charge is 2.34. The minimum absolute atomic E-state index is 0.0422. The number of esters is 1. The molecule has 1 rings (SSSR count). The average molecular weight is 495 g/mol. The van der Waals surface area contributed by atoms with Crippen molar-refractivity contribution in [3.05, 3.63) is 35.3 Å². The number of hydrogen-bond acceptors (Lipinski definition) is 7. The zero-order valence-corrected chi connectivity index (χ0v) is 23.3. The number of methoxy groups -OCH3 is 2. The molecule has 8 heteroatoms. The normalized spacial score (nSPS) is 12.4. The minimum Gasteiger partial charge on any atom is -0.541 e. The van der Waals surface area contributed by atoms with Crippen molar-refractivity contribution in [2.75, 3.05) is 27.4 Å². The molecule has 0 spiro atoms. The van der Waals surface area contributed by atoms with Gasteiger partial charge in [-0.15, -0.1) is 0 Å². The Hall–Kier alpha value is -2.61. The molecule has 0 N–H and O–H groups in total. The summed E-state index contributed by atoms with van der Waals surface area (Å²) in [4.78, 5) is 13.1. The van der Waals surface area contributed by atoms with E-state index in [9.17, 15) is 4.79 Å². The third-order valence-electron chi connectivity index (χ3n) is 5.55. The largest absolute Gasteiger partial charge is 0.541 e. The van der Waals surface area contributed by atoms with E-state index >= 15 is 0 Å². The summed E-state index contributed by atoms with van der Waals surface area (Å²) in [5.41, 5.74) is 0.890. The monoisotopic (exact) mass is 494 g/mol. The second-order valence-corrected chi connectivity index (χ2v) is 12.6. The van der Waals surface area contributed by atoms with E-state index in [1.807, 2.05) is 26.8 Å². The van der Waals surface area contributed by atoms with Crippen LogP contribution in [0.15, 0.2) is 29.7 Å². The van der Waals surface area contributed by atoms with E-state index in [1.54, 1.807) is 33.3 Å². The molecule has 0 radical (unpaired) electrons. The van der Waals surface area contributed by atoms with Crippen molar-refractivity contribution in [3.63, 3.8) is 0 Å². The van der Waals surface area contributed by atoms with E-state index in [1.165, 1.54) is 6.26 Å². The molecule has 7 nitrogen and oxygen atoms in total. The Morgan fingerprint density at radius 1 is 0.941 bits per heavy atom. The van der Waals surface area contributed by atoms with E-state index in [2.05, 4.69) is 20.8 Å². The Labute approximate surface area is 206 Å². The van der Waals surface area contributed by atoms with Gasteiger partial charge in [0.1, 0.15) is 11.8 Å². The molecule has 0 bridgehead atoms. The van der Waals surface area contributed by atoms with E-state index in [-0.39, 0.29) is 18.3 Å². The van der Waals surface area contributed by atoms with E-state index in [4.69, 9.17) is 28.1 Å². The van der Waals surface area contributed by atoms with Gasteiger partial charge in [-0.2, -0.15) is 0 Å². The van der Waals surface area contributed by atoms with Crippen LogP contribution in [0.3, 0.4) is 0 Å². The molecule has 0 unspecified atom stereocenters. The lowest BCUT2D eigenvalue weighted by Crippen LogP contribution is -2.36. The van der Waals surface area contributed by atoms with Crippen molar-refractivity contribution in [2.24, 2.45) is 0 Å². The lowest BCUT2D eigenvalue weighted by atomic mass is 10.1. The predicted molar refractivity (Wildman–Crippen MR) is 138 cm³/mol. The van der Waals surface area contributed by atoms with Gasteiger partial charge < -0.3 is 28.1 Å². The fourth-order valence-corrected chi connectivity index (χ4v) is 6.08. The average Bonchev–Trinajstić information content (AvgIpc) is 2.83. The van der Waals surface area contributed by atoms with Crippen LogP contribution in [0, 0.1) is 0 Å². The molecule has 0 saturated heterocycles. The number of benzene rings is 1. The van der Waals surface area contributed by atoms with Crippen LogP contribution in [-0.4, -0.2) is 47.8 Å². The van der Waals surface area contributed by atoms with Crippen LogP contribution < -0.4 is 14.2 Å². The zero-order chi connectivity index (χ0) is 25.7. The molecule has 0 fully saturated rings. The summed E-state index contributed by atoms with van der Waals surface area (Å²) in [6.07, 6.45) is 3.18. The molecule has 1 aromatic rings. The fourth-order valence-electron chi connectivity index (χ4n) is 3.52. The number of hydrogen-bond donors (Lipinski definition) is 0. The summed E-state index contributed by atoms with van der Waals surface area (Å²) in [5.74, 6) is 1.33. The third-order valence-corrected chi connectivity index (χ3v) is 10.1. The molecule has 34 heavy (non-hydrogen) atoms. The first kappa shape index (κ1) is 29.4. The minimum atomic E-state index is -2.12. The maximum Gasteiger partial charge on any atom is 0.342 e. The van der Waals surface area contributed by atoms with Gasteiger partial charge in [-0.1, -0.05) is 20.8 Å².